The lowest BCUT2D eigenvalue weighted by Crippen LogP contribution is -2.33. The topological polar surface area (TPSA) is 85.2 Å². The van der Waals surface area contributed by atoms with Crippen LogP contribution in [0.1, 0.15) is 71.1 Å². The Morgan fingerprint density at radius 1 is 1.18 bits per heavy atom. The number of carbonyl (C=O) groups is 1. The molecule has 3 fully saturated rings. The number of hydrogen-bond acceptors (Lipinski definition) is 5. The first kappa shape index (κ1) is 22.0. The second-order valence-electron chi connectivity index (χ2n) is 8.93. The summed E-state index contributed by atoms with van der Waals surface area (Å²) < 4.78 is 18.2. The lowest BCUT2D eigenvalue weighted by atomic mass is 9.86. The first-order chi connectivity index (χ1) is 13.6. The van der Waals surface area contributed by atoms with Gasteiger partial charge < -0.3 is 24.4 Å². The minimum Gasteiger partial charge on any atom is -0.481 e. The zero-order valence-corrected chi connectivity index (χ0v) is 17.3. The molecule has 28 heavy (non-hydrogen) atoms. The summed E-state index contributed by atoms with van der Waals surface area (Å²) in [4.78, 5) is 11.4. The minimum atomic E-state index is -0.668. The van der Waals surface area contributed by atoms with Crippen molar-refractivity contribution >= 4 is 5.97 Å². The normalized spacial score (nSPS) is 37.2. The van der Waals surface area contributed by atoms with Crippen molar-refractivity contribution in [3.05, 3.63) is 0 Å². The van der Waals surface area contributed by atoms with E-state index in [1.54, 1.807) is 0 Å². The van der Waals surface area contributed by atoms with Gasteiger partial charge in [-0.3, -0.25) is 4.79 Å². The third-order valence-corrected chi connectivity index (χ3v) is 7.01. The van der Waals surface area contributed by atoms with E-state index in [2.05, 4.69) is 0 Å². The van der Waals surface area contributed by atoms with E-state index in [0.29, 0.717) is 18.4 Å². The van der Waals surface area contributed by atoms with E-state index in [1.165, 1.54) is 0 Å². The minimum absolute atomic E-state index is 0.0144. The van der Waals surface area contributed by atoms with Crippen molar-refractivity contribution in [2.45, 2.75) is 89.6 Å². The Labute approximate surface area is 168 Å². The number of aliphatic hydroxyl groups excluding tert-OH is 1. The number of carboxylic acids is 1. The number of carboxylic acid groups (broad SMARTS) is 1. The Morgan fingerprint density at radius 3 is 2.71 bits per heavy atom. The molecule has 2 unspecified atom stereocenters. The third-order valence-electron chi connectivity index (χ3n) is 7.01. The van der Waals surface area contributed by atoms with Gasteiger partial charge in [0.1, 0.15) is 0 Å². The van der Waals surface area contributed by atoms with Crippen molar-refractivity contribution in [3.63, 3.8) is 0 Å². The molecule has 2 N–H and O–H groups in total. The zero-order chi connectivity index (χ0) is 19.9. The number of aliphatic hydroxyl groups is 1. The number of aliphatic carboxylic acids is 1. The summed E-state index contributed by atoms with van der Waals surface area (Å²) in [5, 5.41) is 19.4. The van der Waals surface area contributed by atoms with E-state index in [0.717, 1.165) is 70.8 Å². The molecule has 0 aromatic heterocycles. The van der Waals surface area contributed by atoms with Crippen LogP contribution < -0.4 is 0 Å². The number of rotatable bonds is 9. The van der Waals surface area contributed by atoms with Crippen molar-refractivity contribution in [2.24, 2.45) is 23.7 Å². The fourth-order valence-electron chi connectivity index (χ4n) is 5.32. The van der Waals surface area contributed by atoms with Crippen molar-refractivity contribution in [1.82, 2.24) is 0 Å². The summed E-state index contributed by atoms with van der Waals surface area (Å²) in [5.74, 6) is -0.0370. The summed E-state index contributed by atoms with van der Waals surface area (Å²) in [6, 6.07) is 0. The van der Waals surface area contributed by atoms with Crippen LogP contribution in [0.3, 0.4) is 0 Å². The largest absolute Gasteiger partial charge is 0.481 e. The first-order valence-corrected chi connectivity index (χ1v) is 11.3. The molecule has 6 heteroatoms. The Balaban J connectivity index is 1.49. The maximum absolute atomic E-state index is 11.4. The third kappa shape index (κ3) is 5.68. The molecule has 162 valence electrons. The van der Waals surface area contributed by atoms with Crippen molar-refractivity contribution in [1.29, 1.82) is 0 Å². The Kier molecular flexibility index (Phi) is 8.57. The second-order valence-corrected chi connectivity index (χ2v) is 8.93. The maximum Gasteiger partial charge on any atom is 0.306 e. The van der Waals surface area contributed by atoms with Gasteiger partial charge in [0.05, 0.1) is 18.1 Å². The lowest BCUT2D eigenvalue weighted by Gasteiger charge is -2.29. The highest BCUT2D eigenvalue weighted by molar-refractivity contribution is 5.69. The average Bonchev–Trinajstić information content (AvgIpc) is 2.90. The summed E-state index contributed by atoms with van der Waals surface area (Å²) in [6.07, 6.45) is 9.42. The predicted molar refractivity (Wildman–Crippen MR) is 105 cm³/mol. The molecule has 3 rings (SSSR count). The van der Waals surface area contributed by atoms with Crippen LogP contribution in [0.2, 0.25) is 0 Å². The Hall–Kier alpha value is -0.690. The van der Waals surface area contributed by atoms with E-state index in [9.17, 15) is 15.0 Å². The number of hydrogen-bond donors (Lipinski definition) is 2. The van der Waals surface area contributed by atoms with Gasteiger partial charge in [-0.15, -0.1) is 0 Å². The molecule has 2 heterocycles. The molecule has 3 aliphatic rings. The summed E-state index contributed by atoms with van der Waals surface area (Å²) in [7, 11) is 0. The van der Waals surface area contributed by atoms with Crippen LogP contribution in [0.15, 0.2) is 0 Å². The molecule has 2 aliphatic heterocycles. The number of ether oxygens (including phenoxy) is 3. The molecule has 0 aromatic carbocycles. The molecule has 2 saturated heterocycles. The van der Waals surface area contributed by atoms with Gasteiger partial charge in [0.15, 0.2) is 6.29 Å². The molecule has 1 aliphatic carbocycles. The SMILES string of the molecule is CCCC(CC[C@@H]1CC[C@@H]2[C@@H](CO)[C@H](OC3CCCCO3)C[C@@H]2OC1)C(=O)O. The standard InChI is InChI=1S/C22H38O6/c1-2-5-16(22(24)25)9-7-15-8-10-17-18(13-23)20(12-19(17)27-14-15)28-21-6-3-4-11-26-21/h15-21,23H,2-14H2,1H3,(H,24,25)/t15-,16?,17-,18-,19+,20-,21?/m1/s1. The first-order valence-electron chi connectivity index (χ1n) is 11.3. The monoisotopic (exact) mass is 398 g/mol. The molecule has 7 atom stereocenters. The molecule has 6 nitrogen and oxygen atoms in total. The molecule has 0 aromatic rings. The second kappa shape index (κ2) is 10.9. The maximum atomic E-state index is 11.4. The van der Waals surface area contributed by atoms with Gasteiger partial charge >= 0.3 is 5.97 Å². The van der Waals surface area contributed by atoms with Crippen LogP contribution in [-0.2, 0) is 19.0 Å². The quantitative estimate of drug-likeness (QED) is 0.617. The summed E-state index contributed by atoms with van der Waals surface area (Å²) in [6.45, 7) is 3.63. The van der Waals surface area contributed by atoms with Crippen LogP contribution in [-0.4, -0.2) is 54.5 Å². The highest BCUT2D eigenvalue weighted by Gasteiger charge is 2.46. The Morgan fingerprint density at radius 2 is 2.04 bits per heavy atom. The fraction of sp³-hybridized carbons (Fsp3) is 0.955. The average molecular weight is 399 g/mol. The van der Waals surface area contributed by atoms with Gasteiger partial charge in [-0.1, -0.05) is 13.3 Å². The van der Waals surface area contributed by atoms with E-state index < -0.39 is 5.97 Å². The van der Waals surface area contributed by atoms with Crippen LogP contribution in [0, 0.1) is 23.7 Å². The van der Waals surface area contributed by atoms with Gasteiger partial charge in [-0.2, -0.15) is 0 Å². The van der Waals surface area contributed by atoms with E-state index >= 15 is 0 Å². The van der Waals surface area contributed by atoms with E-state index in [1.807, 2.05) is 6.92 Å². The molecule has 0 amide bonds. The lowest BCUT2D eigenvalue weighted by molar-refractivity contribution is -0.198. The Bertz CT molecular complexity index is 478. The van der Waals surface area contributed by atoms with Crippen molar-refractivity contribution < 1.29 is 29.2 Å². The fourth-order valence-corrected chi connectivity index (χ4v) is 5.32. The van der Waals surface area contributed by atoms with Crippen LogP contribution >= 0.6 is 0 Å². The van der Waals surface area contributed by atoms with Crippen molar-refractivity contribution in [2.75, 3.05) is 19.8 Å². The van der Waals surface area contributed by atoms with Crippen LogP contribution in [0.5, 0.6) is 0 Å². The summed E-state index contributed by atoms with van der Waals surface area (Å²) in [5.41, 5.74) is 0. The highest BCUT2D eigenvalue weighted by Crippen LogP contribution is 2.43. The molecule has 1 saturated carbocycles. The molecule has 0 spiro atoms. The number of fused-ring (bicyclic) bond motifs is 1. The van der Waals surface area contributed by atoms with Crippen LogP contribution in [0.4, 0.5) is 0 Å². The molecular formula is C22H38O6. The molecule has 0 radical (unpaired) electrons. The smallest absolute Gasteiger partial charge is 0.306 e. The van der Waals surface area contributed by atoms with Gasteiger partial charge in [0.2, 0.25) is 0 Å². The van der Waals surface area contributed by atoms with E-state index in [-0.39, 0.29) is 36.9 Å². The van der Waals surface area contributed by atoms with E-state index in [4.69, 9.17) is 14.2 Å². The molecule has 0 bridgehead atoms. The van der Waals surface area contributed by atoms with Gasteiger partial charge in [-0.05, 0) is 63.2 Å². The van der Waals surface area contributed by atoms with Crippen LogP contribution in [0.25, 0.3) is 0 Å². The van der Waals surface area contributed by atoms with Crippen molar-refractivity contribution in [3.8, 4) is 0 Å². The highest BCUT2D eigenvalue weighted by atomic mass is 16.7. The zero-order valence-electron chi connectivity index (χ0n) is 17.3. The van der Waals surface area contributed by atoms with Gasteiger partial charge in [0, 0.05) is 32.2 Å². The van der Waals surface area contributed by atoms with Gasteiger partial charge in [0.25, 0.3) is 0 Å². The molecular weight excluding hydrogens is 360 g/mol. The predicted octanol–water partition coefficient (Wildman–Crippen LogP) is 3.60. The summed E-state index contributed by atoms with van der Waals surface area (Å²) >= 11 is 0. The van der Waals surface area contributed by atoms with Gasteiger partial charge in [-0.25, -0.2) is 0 Å².